The number of benzene rings is 2. The first kappa shape index (κ1) is 16.9. The summed E-state index contributed by atoms with van der Waals surface area (Å²) in [5.74, 6) is -0.00913. The summed E-state index contributed by atoms with van der Waals surface area (Å²) >= 11 is 6.78. The number of rotatable bonds is 4. The molecular formula is C20H19NOS2. The van der Waals surface area contributed by atoms with Crippen molar-refractivity contribution in [3.8, 4) is 0 Å². The van der Waals surface area contributed by atoms with E-state index in [4.69, 9.17) is 12.2 Å². The Morgan fingerprint density at radius 2 is 1.67 bits per heavy atom. The van der Waals surface area contributed by atoms with Crippen molar-refractivity contribution >= 4 is 40.3 Å². The van der Waals surface area contributed by atoms with E-state index < -0.39 is 0 Å². The molecule has 2 nitrogen and oxygen atoms in total. The van der Waals surface area contributed by atoms with E-state index in [2.05, 4.69) is 38.1 Å². The maximum Gasteiger partial charge on any atom is 0.266 e. The topological polar surface area (TPSA) is 20.3 Å². The molecule has 0 N–H and O–H groups in total. The number of thiocarbonyl (C=S) groups is 1. The molecule has 4 heteroatoms. The van der Waals surface area contributed by atoms with Gasteiger partial charge in [-0.3, -0.25) is 9.69 Å². The average Bonchev–Trinajstić information content (AvgIpc) is 2.85. The highest BCUT2D eigenvalue weighted by Gasteiger charge is 2.31. The van der Waals surface area contributed by atoms with Gasteiger partial charge in [0.1, 0.15) is 4.32 Å². The standard InChI is InChI=1S/C20H19NOS2/c1-3-15-8-10-16(11-9-15)12-18-19(22)21(20(23)24-18)13-17-6-4-14(2)5-7-17/h4-12H,3,13H2,1-2H3/b18-12-. The Morgan fingerprint density at radius 1 is 1.04 bits per heavy atom. The molecule has 0 radical (unpaired) electrons. The largest absolute Gasteiger partial charge is 0.288 e. The zero-order valence-corrected chi connectivity index (χ0v) is 15.4. The van der Waals surface area contributed by atoms with Crippen LogP contribution in [-0.4, -0.2) is 15.1 Å². The molecule has 0 atom stereocenters. The van der Waals surface area contributed by atoms with Gasteiger partial charge in [-0.1, -0.05) is 85.0 Å². The van der Waals surface area contributed by atoms with Crippen molar-refractivity contribution in [3.05, 3.63) is 75.7 Å². The number of thioether (sulfide) groups is 1. The Hall–Kier alpha value is -1.91. The van der Waals surface area contributed by atoms with Gasteiger partial charge in [-0.2, -0.15) is 0 Å². The van der Waals surface area contributed by atoms with E-state index in [0.29, 0.717) is 15.8 Å². The number of aryl methyl sites for hydroxylation is 2. The molecule has 1 heterocycles. The molecule has 1 fully saturated rings. The molecule has 1 saturated heterocycles. The minimum Gasteiger partial charge on any atom is -0.288 e. The molecule has 2 aromatic carbocycles. The van der Waals surface area contributed by atoms with Crippen LogP contribution in [0.25, 0.3) is 6.08 Å². The van der Waals surface area contributed by atoms with Gasteiger partial charge < -0.3 is 0 Å². The van der Waals surface area contributed by atoms with Crippen LogP contribution in [0, 0.1) is 6.92 Å². The van der Waals surface area contributed by atoms with Crippen LogP contribution in [0.5, 0.6) is 0 Å². The summed E-state index contributed by atoms with van der Waals surface area (Å²) in [4.78, 5) is 15.0. The van der Waals surface area contributed by atoms with Crippen LogP contribution in [0.1, 0.15) is 29.2 Å². The first-order chi connectivity index (χ1) is 11.6. The van der Waals surface area contributed by atoms with Gasteiger partial charge in [0.15, 0.2) is 0 Å². The second-order valence-corrected chi connectivity index (χ2v) is 7.52. The van der Waals surface area contributed by atoms with Crippen molar-refractivity contribution in [2.24, 2.45) is 0 Å². The van der Waals surface area contributed by atoms with Crippen molar-refractivity contribution in [2.45, 2.75) is 26.8 Å². The number of nitrogens with zero attached hydrogens (tertiary/aromatic N) is 1. The third-order valence-corrected chi connectivity index (χ3v) is 5.40. The van der Waals surface area contributed by atoms with E-state index in [1.165, 1.54) is 22.9 Å². The van der Waals surface area contributed by atoms with Crippen molar-refractivity contribution in [3.63, 3.8) is 0 Å². The number of carbonyl (C=O) groups excluding carboxylic acids is 1. The third kappa shape index (κ3) is 3.77. The molecule has 1 amide bonds. The van der Waals surface area contributed by atoms with Crippen LogP contribution < -0.4 is 0 Å². The number of carbonyl (C=O) groups is 1. The minimum absolute atomic E-state index is 0.00913. The molecule has 3 rings (SSSR count). The smallest absolute Gasteiger partial charge is 0.266 e. The molecule has 1 aliphatic heterocycles. The van der Waals surface area contributed by atoms with Gasteiger partial charge in [-0.15, -0.1) is 0 Å². The molecule has 24 heavy (non-hydrogen) atoms. The van der Waals surface area contributed by atoms with Crippen LogP contribution in [0.4, 0.5) is 0 Å². The number of amides is 1. The molecule has 2 aromatic rings. The van der Waals surface area contributed by atoms with Crippen LogP contribution in [0.15, 0.2) is 53.4 Å². The lowest BCUT2D eigenvalue weighted by Crippen LogP contribution is -2.27. The predicted octanol–water partition coefficient (Wildman–Crippen LogP) is 4.96. The average molecular weight is 354 g/mol. The lowest BCUT2D eigenvalue weighted by Gasteiger charge is -2.14. The summed E-state index contributed by atoms with van der Waals surface area (Å²) in [6.07, 6.45) is 2.94. The minimum atomic E-state index is -0.00913. The second kappa shape index (κ2) is 7.32. The van der Waals surface area contributed by atoms with E-state index in [-0.39, 0.29) is 5.91 Å². The summed E-state index contributed by atoms with van der Waals surface area (Å²) < 4.78 is 0.622. The van der Waals surface area contributed by atoms with Gasteiger partial charge >= 0.3 is 0 Å². The normalized spacial score (nSPS) is 16.2. The summed E-state index contributed by atoms with van der Waals surface area (Å²) in [6, 6.07) is 16.5. The maximum atomic E-state index is 12.7. The fraction of sp³-hybridized carbons (Fsp3) is 0.200. The van der Waals surface area contributed by atoms with Gasteiger partial charge in [-0.25, -0.2) is 0 Å². The quantitative estimate of drug-likeness (QED) is 0.572. The Bertz CT molecular complexity index is 791. The zero-order chi connectivity index (χ0) is 17.1. The molecule has 0 spiro atoms. The van der Waals surface area contributed by atoms with Gasteiger partial charge in [0.2, 0.25) is 0 Å². The highest BCUT2D eigenvalue weighted by atomic mass is 32.2. The van der Waals surface area contributed by atoms with Gasteiger partial charge in [0.25, 0.3) is 5.91 Å². The molecule has 0 aliphatic carbocycles. The summed E-state index contributed by atoms with van der Waals surface area (Å²) in [7, 11) is 0. The van der Waals surface area contributed by atoms with Gasteiger partial charge in [0.05, 0.1) is 11.4 Å². The number of hydrogen-bond donors (Lipinski definition) is 0. The molecular weight excluding hydrogens is 334 g/mol. The highest BCUT2D eigenvalue weighted by Crippen LogP contribution is 2.33. The lowest BCUT2D eigenvalue weighted by molar-refractivity contribution is -0.122. The SMILES string of the molecule is CCc1ccc(/C=C2\SC(=S)N(Cc3ccc(C)cc3)C2=O)cc1. The summed E-state index contributed by atoms with van der Waals surface area (Å²) in [6.45, 7) is 4.71. The summed E-state index contributed by atoms with van der Waals surface area (Å²) in [5.41, 5.74) is 4.62. The summed E-state index contributed by atoms with van der Waals surface area (Å²) in [5, 5.41) is 0. The van der Waals surface area contributed by atoms with Crippen molar-refractivity contribution in [2.75, 3.05) is 0 Å². The van der Waals surface area contributed by atoms with E-state index in [9.17, 15) is 4.79 Å². The molecule has 0 aromatic heterocycles. The molecule has 0 bridgehead atoms. The predicted molar refractivity (Wildman–Crippen MR) is 106 cm³/mol. The molecule has 0 saturated carbocycles. The van der Waals surface area contributed by atoms with E-state index in [1.807, 2.05) is 30.3 Å². The van der Waals surface area contributed by atoms with Crippen LogP contribution in [0.2, 0.25) is 0 Å². The zero-order valence-electron chi connectivity index (χ0n) is 13.8. The van der Waals surface area contributed by atoms with E-state index in [0.717, 1.165) is 17.5 Å². The fourth-order valence-corrected chi connectivity index (χ4v) is 3.77. The molecule has 0 unspecified atom stereocenters. The highest BCUT2D eigenvalue weighted by molar-refractivity contribution is 8.26. The van der Waals surface area contributed by atoms with Crippen LogP contribution in [-0.2, 0) is 17.8 Å². The maximum absolute atomic E-state index is 12.7. The van der Waals surface area contributed by atoms with Crippen molar-refractivity contribution in [1.82, 2.24) is 4.90 Å². The van der Waals surface area contributed by atoms with Crippen molar-refractivity contribution in [1.29, 1.82) is 0 Å². The second-order valence-electron chi connectivity index (χ2n) is 5.85. The lowest BCUT2D eigenvalue weighted by atomic mass is 10.1. The molecule has 122 valence electrons. The van der Waals surface area contributed by atoms with Crippen LogP contribution >= 0.6 is 24.0 Å². The van der Waals surface area contributed by atoms with E-state index in [1.54, 1.807) is 4.90 Å². The fourth-order valence-electron chi connectivity index (χ4n) is 2.51. The molecule has 1 aliphatic rings. The van der Waals surface area contributed by atoms with E-state index >= 15 is 0 Å². The van der Waals surface area contributed by atoms with Gasteiger partial charge in [-0.05, 0) is 36.1 Å². The third-order valence-electron chi connectivity index (χ3n) is 4.02. The Morgan fingerprint density at radius 3 is 2.29 bits per heavy atom. The Labute approximate surface area is 152 Å². The van der Waals surface area contributed by atoms with Crippen molar-refractivity contribution < 1.29 is 4.79 Å². The van der Waals surface area contributed by atoms with Gasteiger partial charge in [0, 0.05) is 0 Å². The number of hydrogen-bond acceptors (Lipinski definition) is 3. The Balaban J connectivity index is 1.77. The Kier molecular flexibility index (Phi) is 5.17. The first-order valence-corrected chi connectivity index (χ1v) is 9.19. The monoisotopic (exact) mass is 353 g/mol. The first-order valence-electron chi connectivity index (χ1n) is 7.96. The van der Waals surface area contributed by atoms with Crippen LogP contribution in [0.3, 0.4) is 0 Å².